The van der Waals surface area contributed by atoms with Gasteiger partial charge in [-0.3, -0.25) is 9.00 Å². The molecule has 2 aliphatic rings. The molecule has 1 aliphatic carbocycles. The Morgan fingerprint density at radius 3 is 2.29 bits per heavy atom. The zero-order chi connectivity index (χ0) is 24.1. The van der Waals surface area contributed by atoms with E-state index < -0.39 is 34.1 Å². The van der Waals surface area contributed by atoms with Crippen LogP contribution in [-0.4, -0.2) is 21.5 Å². The third-order valence-corrected chi connectivity index (χ3v) is 6.67. The molecule has 3 aromatic rings. The first-order valence-corrected chi connectivity index (χ1v) is 11.4. The van der Waals surface area contributed by atoms with Crippen molar-refractivity contribution in [3.05, 3.63) is 71.8 Å². The topological polar surface area (TPSA) is 87.7 Å². The molecule has 10 heteroatoms. The molecular weight excluding hydrogens is 471 g/mol. The Hall–Kier alpha value is -3.37. The van der Waals surface area contributed by atoms with Crippen molar-refractivity contribution < 1.29 is 36.2 Å². The van der Waals surface area contributed by atoms with Gasteiger partial charge in [0.05, 0.1) is 11.0 Å². The van der Waals surface area contributed by atoms with E-state index >= 15 is 0 Å². The Morgan fingerprint density at radius 1 is 0.941 bits per heavy atom. The summed E-state index contributed by atoms with van der Waals surface area (Å²) in [5.74, 6) is 0.698. The minimum Gasteiger partial charge on any atom is -0.768 e. The standard InChI is InChI=1S/C24H18F3NO5S/c25-24(26,27)17-9-15(14-1-4-19(5-2-14)34(30)31)10-18(11-17)28-22(29)23(7-8-23)16-3-6-20-21(12-16)33-13-32-20/h1-6,9-12H,7-8,13H2,(H,28,29)(H,30,31)/p-1. The minimum atomic E-state index is -4.64. The van der Waals surface area contributed by atoms with Crippen LogP contribution in [0.4, 0.5) is 18.9 Å². The van der Waals surface area contributed by atoms with Crippen molar-refractivity contribution in [1.29, 1.82) is 0 Å². The molecule has 176 valence electrons. The lowest BCUT2D eigenvalue weighted by Gasteiger charge is -2.18. The molecule has 1 aliphatic heterocycles. The summed E-state index contributed by atoms with van der Waals surface area (Å²) < 4.78 is 73.6. The number of anilines is 1. The summed E-state index contributed by atoms with van der Waals surface area (Å²) >= 11 is -2.45. The molecule has 0 radical (unpaired) electrons. The zero-order valence-electron chi connectivity index (χ0n) is 17.5. The molecular formula is C24H17F3NO5S-. The van der Waals surface area contributed by atoms with Gasteiger partial charge in [0, 0.05) is 10.6 Å². The van der Waals surface area contributed by atoms with Crippen LogP contribution in [0.15, 0.2) is 65.6 Å². The van der Waals surface area contributed by atoms with Gasteiger partial charge in [-0.15, -0.1) is 0 Å². The highest BCUT2D eigenvalue weighted by atomic mass is 32.2. The lowest BCUT2D eigenvalue weighted by atomic mass is 9.94. The second kappa shape index (κ2) is 8.14. The van der Waals surface area contributed by atoms with Gasteiger partial charge in [0.2, 0.25) is 12.7 Å². The molecule has 1 atom stereocenters. The van der Waals surface area contributed by atoms with Crippen molar-refractivity contribution in [3.8, 4) is 22.6 Å². The lowest BCUT2D eigenvalue weighted by molar-refractivity contribution is -0.137. The first-order valence-electron chi connectivity index (χ1n) is 10.3. The SMILES string of the molecule is O=C(Nc1cc(-c2ccc(S(=O)[O-])cc2)cc(C(F)(F)F)c1)C1(c2ccc3c(c2)OCO3)CC1. The third-order valence-electron chi connectivity index (χ3n) is 6.01. The summed E-state index contributed by atoms with van der Waals surface area (Å²) in [6, 6.07) is 13.9. The molecule has 1 fully saturated rings. The summed E-state index contributed by atoms with van der Waals surface area (Å²) in [5, 5.41) is 2.65. The van der Waals surface area contributed by atoms with E-state index in [0.717, 1.165) is 12.1 Å². The normalized spacial score (nSPS) is 16.7. The van der Waals surface area contributed by atoms with Gasteiger partial charge in [-0.2, -0.15) is 13.2 Å². The number of amides is 1. The number of fused-ring (bicyclic) bond motifs is 1. The molecule has 1 heterocycles. The van der Waals surface area contributed by atoms with Crippen molar-refractivity contribution in [2.75, 3.05) is 12.1 Å². The van der Waals surface area contributed by atoms with Gasteiger partial charge in [0.1, 0.15) is 0 Å². The second-order valence-electron chi connectivity index (χ2n) is 8.16. The Bertz CT molecular complexity index is 1300. The van der Waals surface area contributed by atoms with Crippen LogP contribution < -0.4 is 14.8 Å². The van der Waals surface area contributed by atoms with Crippen LogP contribution in [0.2, 0.25) is 0 Å². The first kappa shape index (κ1) is 22.4. The summed E-state index contributed by atoms with van der Waals surface area (Å²) in [4.78, 5) is 13.2. The highest BCUT2D eigenvalue weighted by molar-refractivity contribution is 7.79. The van der Waals surface area contributed by atoms with Crippen LogP contribution in [0, 0.1) is 0 Å². The molecule has 6 nitrogen and oxygen atoms in total. The maximum absolute atomic E-state index is 13.6. The van der Waals surface area contributed by atoms with Gasteiger partial charge in [-0.05, 0) is 83.1 Å². The van der Waals surface area contributed by atoms with Crippen molar-refractivity contribution in [2.24, 2.45) is 0 Å². The number of nitrogens with one attached hydrogen (secondary N) is 1. The smallest absolute Gasteiger partial charge is 0.416 e. The highest BCUT2D eigenvalue weighted by Crippen LogP contribution is 2.51. The fourth-order valence-corrected chi connectivity index (χ4v) is 4.36. The van der Waals surface area contributed by atoms with Gasteiger partial charge < -0.3 is 19.3 Å². The Morgan fingerprint density at radius 2 is 1.65 bits per heavy atom. The van der Waals surface area contributed by atoms with Crippen molar-refractivity contribution in [3.63, 3.8) is 0 Å². The molecule has 1 saturated carbocycles. The van der Waals surface area contributed by atoms with E-state index in [4.69, 9.17) is 9.47 Å². The molecule has 1 unspecified atom stereocenters. The number of hydrogen-bond acceptors (Lipinski definition) is 5. The second-order valence-corrected chi connectivity index (χ2v) is 9.10. The maximum atomic E-state index is 13.6. The van der Waals surface area contributed by atoms with Crippen LogP contribution in [-0.2, 0) is 27.5 Å². The van der Waals surface area contributed by atoms with E-state index in [1.807, 2.05) is 0 Å². The van der Waals surface area contributed by atoms with Crippen LogP contribution in [0.1, 0.15) is 24.0 Å². The van der Waals surface area contributed by atoms with E-state index in [9.17, 15) is 26.7 Å². The quantitative estimate of drug-likeness (QED) is 0.510. The zero-order valence-corrected chi connectivity index (χ0v) is 18.3. The molecule has 0 spiro atoms. The number of halogens is 3. The van der Waals surface area contributed by atoms with Crippen molar-refractivity contribution in [2.45, 2.75) is 29.3 Å². The third kappa shape index (κ3) is 4.14. The van der Waals surface area contributed by atoms with Crippen LogP contribution in [0.3, 0.4) is 0 Å². The van der Waals surface area contributed by atoms with Gasteiger partial charge in [0.15, 0.2) is 11.5 Å². The highest BCUT2D eigenvalue weighted by Gasteiger charge is 2.51. The lowest BCUT2D eigenvalue weighted by Crippen LogP contribution is -2.28. The predicted molar refractivity (Wildman–Crippen MR) is 116 cm³/mol. The molecule has 34 heavy (non-hydrogen) atoms. The van der Waals surface area contributed by atoms with E-state index in [1.165, 1.54) is 30.3 Å². The van der Waals surface area contributed by atoms with E-state index in [-0.39, 0.29) is 22.9 Å². The summed E-state index contributed by atoms with van der Waals surface area (Å²) in [5.41, 5.74) is -0.491. The average molecular weight is 488 g/mol. The fraction of sp³-hybridized carbons (Fsp3) is 0.208. The molecule has 5 rings (SSSR count). The summed E-state index contributed by atoms with van der Waals surface area (Å²) in [6.45, 7) is 0.0939. The predicted octanol–water partition coefficient (Wildman–Crippen LogP) is 5.01. The summed E-state index contributed by atoms with van der Waals surface area (Å²) in [6.07, 6.45) is -3.53. The number of hydrogen-bond donors (Lipinski definition) is 1. The Balaban J connectivity index is 1.46. The number of carbonyl (C=O) groups excluding carboxylic acids is 1. The number of carbonyl (C=O) groups is 1. The molecule has 0 saturated heterocycles. The van der Waals surface area contributed by atoms with Gasteiger partial charge in [-0.1, -0.05) is 18.2 Å². The average Bonchev–Trinajstić information content (AvgIpc) is 3.49. The van der Waals surface area contributed by atoms with Gasteiger partial charge in [-0.25, -0.2) is 0 Å². The fourth-order valence-electron chi connectivity index (χ4n) is 4.01. The van der Waals surface area contributed by atoms with Crippen LogP contribution >= 0.6 is 0 Å². The van der Waals surface area contributed by atoms with Crippen LogP contribution in [0.25, 0.3) is 11.1 Å². The number of benzene rings is 3. The minimum absolute atomic E-state index is 0.00155. The van der Waals surface area contributed by atoms with Crippen molar-refractivity contribution >= 4 is 22.7 Å². The van der Waals surface area contributed by atoms with E-state index in [0.29, 0.717) is 35.5 Å². The monoisotopic (exact) mass is 488 g/mol. The first-order chi connectivity index (χ1) is 16.2. The molecule has 0 aromatic heterocycles. The van der Waals surface area contributed by atoms with E-state index in [2.05, 4.69) is 5.32 Å². The summed E-state index contributed by atoms with van der Waals surface area (Å²) in [7, 11) is 0. The van der Waals surface area contributed by atoms with Crippen LogP contribution in [0.5, 0.6) is 11.5 Å². The van der Waals surface area contributed by atoms with Gasteiger partial charge >= 0.3 is 6.18 Å². The Labute approximate surface area is 195 Å². The van der Waals surface area contributed by atoms with E-state index in [1.54, 1.807) is 18.2 Å². The largest absolute Gasteiger partial charge is 0.768 e. The van der Waals surface area contributed by atoms with Gasteiger partial charge in [0.25, 0.3) is 0 Å². The van der Waals surface area contributed by atoms with Crippen molar-refractivity contribution in [1.82, 2.24) is 0 Å². The number of alkyl halides is 3. The molecule has 1 amide bonds. The maximum Gasteiger partial charge on any atom is 0.416 e. The number of ether oxygens (including phenoxy) is 2. The number of rotatable bonds is 5. The molecule has 1 N–H and O–H groups in total. The Kier molecular flexibility index (Phi) is 5.37. The molecule has 3 aromatic carbocycles. The molecule has 0 bridgehead atoms.